The van der Waals surface area contributed by atoms with Crippen LogP contribution in [0, 0.1) is 11.8 Å². The zero-order valence-electron chi connectivity index (χ0n) is 16.0. The Morgan fingerprint density at radius 3 is 2.79 bits per heavy atom. The molecule has 2 aromatic rings. The molecule has 9 nitrogen and oxygen atoms in total. The predicted octanol–water partition coefficient (Wildman–Crippen LogP) is 0.720. The van der Waals surface area contributed by atoms with Gasteiger partial charge < -0.3 is 31.5 Å². The number of aromatic nitrogens is 3. The number of nitrogens with zero attached hydrogens (tertiary/aromatic N) is 3. The Balaban J connectivity index is 1.80. The zero-order valence-corrected chi connectivity index (χ0v) is 16.0. The molecule has 148 valence electrons. The third kappa shape index (κ3) is 6.06. The SMILES string of the molecule is CC(C)(O)C#Cc1cnc(Nc2cnc(N)cn2)cc1NC[C@@H]1CNCCO1. The van der Waals surface area contributed by atoms with Crippen LogP contribution in [0.25, 0.3) is 0 Å². The van der Waals surface area contributed by atoms with Crippen molar-refractivity contribution < 1.29 is 9.84 Å². The van der Waals surface area contributed by atoms with Gasteiger partial charge in [-0.2, -0.15) is 0 Å². The second-order valence-corrected chi connectivity index (χ2v) is 6.95. The van der Waals surface area contributed by atoms with Gasteiger partial charge >= 0.3 is 0 Å². The Labute approximate surface area is 164 Å². The number of hydrogen-bond donors (Lipinski definition) is 5. The molecule has 0 unspecified atom stereocenters. The molecule has 3 heterocycles. The standard InChI is InChI=1S/C19H25N7O2/c1-19(2,27)4-3-13-8-24-17(26-18-12-23-16(20)11-25-18)7-15(13)22-10-14-9-21-5-6-28-14/h7-8,11-12,14,21,27H,5-6,9-10H2,1-2H3,(H2,20,23)(H2,22,24,25,26)/t14-/m0/s1. The number of nitrogen functional groups attached to an aromatic ring is 1. The van der Waals surface area contributed by atoms with E-state index in [-0.39, 0.29) is 6.10 Å². The van der Waals surface area contributed by atoms with E-state index in [0.717, 1.165) is 18.8 Å². The molecule has 3 rings (SSSR count). The predicted molar refractivity (Wildman–Crippen MR) is 108 cm³/mol. The van der Waals surface area contributed by atoms with Gasteiger partial charge in [0.2, 0.25) is 0 Å². The van der Waals surface area contributed by atoms with E-state index in [2.05, 4.69) is 42.7 Å². The van der Waals surface area contributed by atoms with E-state index >= 15 is 0 Å². The van der Waals surface area contributed by atoms with Gasteiger partial charge in [-0.3, -0.25) is 0 Å². The third-order valence-corrected chi connectivity index (χ3v) is 3.86. The average Bonchev–Trinajstić information content (AvgIpc) is 2.67. The number of morpholine rings is 1. The second-order valence-electron chi connectivity index (χ2n) is 6.95. The molecule has 0 radical (unpaired) electrons. The molecule has 1 atom stereocenters. The van der Waals surface area contributed by atoms with E-state index in [1.807, 2.05) is 6.07 Å². The number of rotatable bonds is 5. The Morgan fingerprint density at radius 2 is 2.11 bits per heavy atom. The van der Waals surface area contributed by atoms with Crippen molar-refractivity contribution in [3.63, 3.8) is 0 Å². The number of anilines is 4. The summed E-state index contributed by atoms with van der Waals surface area (Å²) in [5, 5.41) is 19.7. The summed E-state index contributed by atoms with van der Waals surface area (Å²) in [6.07, 6.45) is 4.72. The molecule has 28 heavy (non-hydrogen) atoms. The zero-order chi connectivity index (χ0) is 20.0. The maximum Gasteiger partial charge on any atom is 0.150 e. The summed E-state index contributed by atoms with van der Waals surface area (Å²) in [4.78, 5) is 12.5. The van der Waals surface area contributed by atoms with Crippen LogP contribution >= 0.6 is 0 Å². The molecule has 9 heteroatoms. The minimum Gasteiger partial charge on any atom is -0.382 e. The van der Waals surface area contributed by atoms with Crippen LogP contribution in [0.3, 0.4) is 0 Å². The van der Waals surface area contributed by atoms with Crippen molar-refractivity contribution in [2.45, 2.75) is 25.6 Å². The fourth-order valence-electron chi connectivity index (χ4n) is 2.50. The van der Waals surface area contributed by atoms with Crippen molar-refractivity contribution in [3.8, 4) is 11.8 Å². The van der Waals surface area contributed by atoms with E-state index < -0.39 is 5.60 Å². The molecule has 0 spiro atoms. The first-order chi connectivity index (χ1) is 13.4. The van der Waals surface area contributed by atoms with Gasteiger partial charge in [-0.1, -0.05) is 11.8 Å². The van der Waals surface area contributed by atoms with Crippen LogP contribution < -0.4 is 21.7 Å². The van der Waals surface area contributed by atoms with Gasteiger partial charge in [0.05, 0.1) is 36.4 Å². The van der Waals surface area contributed by atoms with Crippen LogP contribution in [-0.4, -0.2) is 58.0 Å². The molecule has 1 aliphatic rings. The van der Waals surface area contributed by atoms with Crippen LogP contribution in [0.2, 0.25) is 0 Å². The van der Waals surface area contributed by atoms with Gasteiger partial charge in [0.1, 0.15) is 23.1 Å². The second kappa shape index (κ2) is 8.84. The van der Waals surface area contributed by atoms with Crippen molar-refractivity contribution in [2.75, 3.05) is 42.6 Å². The highest BCUT2D eigenvalue weighted by atomic mass is 16.5. The van der Waals surface area contributed by atoms with Crippen LogP contribution in [0.1, 0.15) is 19.4 Å². The van der Waals surface area contributed by atoms with Crippen molar-refractivity contribution in [1.29, 1.82) is 0 Å². The Morgan fingerprint density at radius 1 is 1.29 bits per heavy atom. The van der Waals surface area contributed by atoms with Crippen molar-refractivity contribution in [1.82, 2.24) is 20.3 Å². The molecule has 0 saturated carbocycles. The van der Waals surface area contributed by atoms with Crippen molar-refractivity contribution >= 4 is 23.1 Å². The van der Waals surface area contributed by atoms with Gasteiger partial charge in [-0.15, -0.1) is 0 Å². The molecule has 0 aromatic carbocycles. The molecule has 1 aliphatic heterocycles. The van der Waals surface area contributed by atoms with Gasteiger partial charge in [0.15, 0.2) is 0 Å². The fourth-order valence-corrected chi connectivity index (χ4v) is 2.50. The molecule has 0 bridgehead atoms. The molecule has 6 N–H and O–H groups in total. The van der Waals surface area contributed by atoms with E-state index in [4.69, 9.17) is 10.5 Å². The normalized spacial score (nSPS) is 16.8. The number of pyridine rings is 1. The quantitative estimate of drug-likeness (QED) is 0.474. The van der Waals surface area contributed by atoms with Crippen LogP contribution in [0.4, 0.5) is 23.1 Å². The summed E-state index contributed by atoms with van der Waals surface area (Å²) < 4.78 is 5.73. The Hall–Kier alpha value is -2.93. The third-order valence-electron chi connectivity index (χ3n) is 3.86. The summed E-state index contributed by atoms with van der Waals surface area (Å²) in [6.45, 7) is 6.24. The van der Waals surface area contributed by atoms with E-state index in [1.165, 1.54) is 12.4 Å². The summed E-state index contributed by atoms with van der Waals surface area (Å²) in [7, 11) is 0. The first-order valence-electron chi connectivity index (χ1n) is 9.05. The van der Waals surface area contributed by atoms with Crippen LogP contribution in [-0.2, 0) is 4.74 Å². The van der Waals surface area contributed by atoms with E-state index in [1.54, 1.807) is 20.0 Å². The lowest BCUT2D eigenvalue weighted by atomic mass is 10.1. The lowest BCUT2D eigenvalue weighted by Crippen LogP contribution is -2.42. The summed E-state index contributed by atoms with van der Waals surface area (Å²) in [5.41, 5.74) is 5.93. The lowest BCUT2D eigenvalue weighted by molar-refractivity contribution is 0.0372. The lowest BCUT2D eigenvalue weighted by Gasteiger charge is -2.24. The number of aliphatic hydroxyl groups is 1. The van der Waals surface area contributed by atoms with Crippen LogP contribution in [0.15, 0.2) is 24.7 Å². The van der Waals surface area contributed by atoms with E-state index in [0.29, 0.717) is 36.2 Å². The number of nitrogens with one attached hydrogen (secondary N) is 3. The minimum atomic E-state index is -1.09. The molecular weight excluding hydrogens is 358 g/mol. The molecule has 0 aliphatic carbocycles. The fraction of sp³-hybridized carbons (Fsp3) is 0.421. The van der Waals surface area contributed by atoms with Gasteiger partial charge in [0, 0.05) is 31.9 Å². The maximum absolute atomic E-state index is 9.89. The molecule has 1 fully saturated rings. The Bertz CT molecular complexity index is 847. The number of hydrogen-bond acceptors (Lipinski definition) is 9. The monoisotopic (exact) mass is 383 g/mol. The first kappa shape index (κ1) is 19.8. The molecule has 2 aromatic heterocycles. The van der Waals surface area contributed by atoms with Gasteiger partial charge in [-0.05, 0) is 13.8 Å². The molecule has 1 saturated heterocycles. The minimum absolute atomic E-state index is 0.0661. The molecule has 0 amide bonds. The smallest absolute Gasteiger partial charge is 0.150 e. The van der Waals surface area contributed by atoms with Gasteiger partial charge in [0.25, 0.3) is 0 Å². The topological polar surface area (TPSA) is 130 Å². The van der Waals surface area contributed by atoms with E-state index in [9.17, 15) is 5.11 Å². The van der Waals surface area contributed by atoms with Crippen molar-refractivity contribution in [3.05, 3.63) is 30.2 Å². The van der Waals surface area contributed by atoms with Gasteiger partial charge in [-0.25, -0.2) is 15.0 Å². The van der Waals surface area contributed by atoms with Crippen LogP contribution in [0.5, 0.6) is 0 Å². The summed E-state index contributed by atoms with van der Waals surface area (Å²) in [6, 6.07) is 1.84. The first-order valence-corrected chi connectivity index (χ1v) is 9.05. The highest BCUT2D eigenvalue weighted by Gasteiger charge is 2.14. The van der Waals surface area contributed by atoms with Crippen molar-refractivity contribution in [2.24, 2.45) is 0 Å². The maximum atomic E-state index is 9.89. The highest BCUT2D eigenvalue weighted by Crippen LogP contribution is 2.21. The number of ether oxygens (including phenoxy) is 1. The average molecular weight is 383 g/mol. The summed E-state index contributed by atoms with van der Waals surface area (Å²) in [5.74, 6) is 7.26. The highest BCUT2D eigenvalue weighted by molar-refractivity contribution is 5.65. The Kier molecular flexibility index (Phi) is 6.26. The largest absolute Gasteiger partial charge is 0.382 e. The summed E-state index contributed by atoms with van der Waals surface area (Å²) >= 11 is 0. The number of nitrogens with two attached hydrogens (primary N) is 1. The molecular formula is C19H25N7O2.